The lowest BCUT2D eigenvalue weighted by Gasteiger charge is -2.20. The van der Waals surface area contributed by atoms with Gasteiger partial charge in [0.05, 0.1) is 6.04 Å². The van der Waals surface area contributed by atoms with E-state index in [0.29, 0.717) is 5.92 Å². The lowest BCUT2D eigenvalue weighted by atomic mass is 10.0. The second kappa shape index (κ2) is 5.45. The van der Waals surface area contributed by atoms with Crippen LogP contribution in [-0.2, 0) is 0 Å². The van der Waals surface area contributed by atoms with Crippen molar-refractivity contribution in [2.24, 2.45) is 5.92 Å². The molecule has 2 aromatic carbocycles. The molecule has 1 aliphatic rings. The predicted octanol–water partition coefficient (Wildman–Crippen LogP) is 5.35. The summed E-state index contributed by atoms with van der Waals surface area (Å²) in [6.07, 6.45) is 2.43. The van der Waals surface area contributed by atoms with Gasteiger partial charge in [-0.25, -0.2) is 4.39 Å². The first-order valence-corrected chi connectivity index (χ1v) is 7.29. The Hall–Kier alpha value is -1.54. The van der Waals surface area contributed by atoms with Crippen molar-refractivity contribution < 1.29 is 4.39 Å². The summed E-state index contributed by atoms with van der Waals surface area (Å²) < 4.78 is 13.5. The van der Waals surface area contributed by atoms with Crippen LogP contribution in [-0.4, -0.2) is 0 Å². The maximum atomic E-state index is 13.5. The first-order valence-electron chi connectivity index (χ1n) is 6.91. The number of aryl methyl sites for hydroxylation is 1. The first kappa shape index (κ1) is 13.4. The summed E-state index contributed by atoms with van der Waals surface area (Å²) in [5, 5.41) is 4.22. The summed E-state index contributed by atoms with van der Waals surface area (Å²) in [5.74, 6) is 0.429. The van der Waals surface area contributed by atoms with E-state index in [1.165, 1.54) is 18.4 Å². The van der Waals surface area contributed by atoms with E-state index in [1.807, 2.05) is 37.3 Å². The van der Waals surface area contributed by atoms with Gasteiger partial charge in [0, 0.05) is 10.7 Å². The topological polar surface area (TPSA) is 12.0 Å². The normalized spacial score (nSPS) is 15.9. The molecule has 3 rings (SSSR count). The van der Waals surface area contributed by atoms with E-state index in [2.05, 4.69) is 5.32 Å². The molecule has 1 nitrogen and oxygen atoms in total. The van der Waals surface area contributed by atoms with Crippen LogP contribution in [0.15, 0.2) is 42.5 Å². The van der Waals surface area contributed by atoms with Crippen LogP contribution in [0.4, 0.5) is 10.1 Å². The minimum atomic E-state index is -0.196. The summed E-state index contributed by atoms with van der Waals surface area (Å²) in [6.45, 7) is 1.91. The van der Waals surface area contributed by atoms with Crippen molar-refractivity contribution in [3.8, 4) is 0 Å². The molecule has 104 valence electrons. The lowest BCUT2D eigenvalue weighted by Crippen LogP contribution is -2.13. The van der Waals surface area contributed by atoms with Crippen LogP contribution in [0.25, 0.3) is 0 Å². The van der Waals surface area contributed by atoms with E-state index in [0.717, 1.165) is 16.3 Å². The van der Waals surface area contributed by atoms with Crippen molar-refractivity contribution in [3.05, 3.63) is 64.4 Å². The molecule has 1 N–H and O–H groups in total. The van der Waals surface area contributed by atoms with Gasteiger partial charge in [-0.2, -0.15) is 0 Å². The minimum absolute atomic E-state index is 0.196. The van der Waals surface area contributed by atoms with Gasteiger partial charge in [-0.1, -0.05) is 23.7 Å². The maximum absolute atomic E-state index is 13.5. The zero-order valence-corrected chi connectivity index (χ0v) is 12.1. The lowest BCUT2D eigenvalue weighted by molar-refractivity contribution is 0.624. The van der Waals surface area contributed by atoms with Crippen molar-refractivity contribution in [1.82, 2.24) is 0 Å². The molecular formula is C17H17ClFN. The van der Waals surface area contributed by atoms with E-state index in [4.69, 9.17) is 11.6 Å². The number of nitrogens with one attached hydrogen (secondary N) is 1. The van der Waals surface area contributed by atoms with E-state index in [9.17, 15) is 4.39 Å². The fourth-order valence-corrected chi connectivity index (χ4v) is 2.70. The van der Waals surface area contributed by atoms with Gasteiger partial charge >= 0.3 is 0 Å². The highest BCUT2D eigenvalue weighted by molar-refractivity contribution is 6.30. The van der Waals surface area contributed by atoms with E-state index >= 15 is 0 Å². The molecule has 1 unspecified atom stereocenters. The second-order valence-corrected chi connectivity index (χ2v) is 5.96. The Balaban J connectivity index is 1.86. The summed E-state index contributed by atoms with van der Waals surface area (Å²) in [4.78, 5) is 0. The quantitative estimate of drug-likeness (QED) is 0.800. The molecule has 0 aromatic heterocycles. The molecule has 1 atom stereocenters. The Morgan fingerprint density at radius 3 is 2.45 bits per heavy atom. The van der Waals surface area contributed by atoms with Crippen molar-refractivity contribution in [2.75, 3.05) is 5.32 Å². The smallest absolute Gasteiger partial charge is 0.125 e. The number of halogens is 2. The van der Waals surface area contributed by atoms with Crippen LogP contribution in [0, 0.1) is 18.7 Å². The average molecular weight is 290 g/mol. The predicted molar refractivity (Wildman–Crippen MR) is 81.7 cm³/mol. The highest BCUT2D eigenvalue weighted by Crippen LogP contribution is 2.43. The molecule has 0 spiro atoms. The van der Waals surface area contributed by atoms with Crippen molar-refractivity contribution in [1.29, 1.82) is 0 Å². The fourth-order valence-electron chi connectivity index (χ4n) is 2.57. The maximum Gasteiger partial charge on any atom is 0.125 e. The molecule has 3 heteroatoms. The Morgan fingerprint density at radius 2 is 1.85 bits per heavy atom. The number of rotatable bonds is 4. The van der Waals surface area contributed by atoms with Gasteiger partial charge in [0.15, 0.2) is 0 Å². The third-order valence-corrected chi connectivity index (χ3v) is 3.94. The third-order valence-electron chi connectivity index (χ3n) is 3.69. The van der Waals surface area contributed by atoms with Crippen LogP contribution in [0.1, 0.15) is 30.0 Å². The number of anilines is 1. The van der Waals surface area contributed by atoms with E-state index in [-0.39, 0.29) is 11.9 Å². The van der Waals surface area contributed by atoms with Gasteiger partial charge in [-0.15, -0.1) is 0 Å². The number of hydrogen-bond donors (Lipinski definition) is 1. The molecule has 1 saturated carbocycles. The fraction of sp³-hybridized carbons (Fsp3) is 0.294. The van der Waals surface area contributed by atoms with Crippen LogP contribution in [0.3, 0.4) is 0 Å². The Kier molecular flexibility index (Phi) is 3.66. The molecule has 0 bridgehead atoms. The summed E-state index contributed by atoms with van der Waals surface area (Å²) >= 11 is 5.94. The number of hydrogen-bond acceptors (Lipinski definition) is 1. The monoisotopic (exact) mass is 289 g/mol. The molecule has 0 saturated heterocycles. The molecule has 0 aliphatic heterocycles. The van der Waals surface area contributed by atoms with Gasteiger partial charge in [-0.05, 0) is 67.1 Å². The van der Waals surface area contributed by atoms with E-state index < -0.39 is 0 Å². The van der Waals surface area contributed by atoms with E-state index in [1.54, 1.807) is 12.1 Å². The second-order valence-electron chi connectivity index (χ2n) is 5.53. The summed E-state index contributed by atoms with van der Waals surface area (Å²) in [7, 11) is 0. The molecule has 0 heterocycles. The van der Waals surface area contributed by atoms with Crippen LogP contribution in [0.5, 0.6) is 0 Å². The largest absolute Gasteiger partial charge is 0.378 e. The van der Waals surface area contributed by atoms with Crippen molar-refractivity contribution >= 4 is 17.3 Å². The highest BCUT2D eigenvalue weighted by atomic mass is 35.5. The SMILES string of the molecule is Cc1cc(F)cc(NC(c2ccc(Cl)cc2)C2CC2)c1. The average Bonchev–Trinajstić information content (AvgIpc) is 3.20. The first-order chi connectivity index (χ1) is 9.61. The van der Waals surface area contributed by atoms with Crippen LogP contribution >= 0.6 is 11.6 Å². The zero-order chi connectivity index (χ0) is 14.1. The standard InChI is InChI=1S/C17H17ClFN/c1-11-8-15(19)10-16(9-11)20-17(12-2-3-12)13-4-6-14(18)7-5-13/h4-10,12,17,20H,2-3H2,1H3. The molecule has 1 fully saturated rings. The van der Waals surface area contributed by atoms with Crippen molar-refractivity contribution in [3.63, 3.8) is 0 Å². The third kappa shape index (κ3) is 3.13. The van der Waals surface area contributed by atoms with Gasteiger partial charge in [-0.3, -0.25) is 0 Å². The zero-order valence-electron chi connectivity index (χ0n) is 11.4. The summed E-state index contributed by atoms with van der Waals surface area (Å²) in [5.41, 5.74) is 2.98. The Morgan fingerprint density at radius 1 is 1.15 bits per heavy atom. The van der Waals surface area contributed by atoms with Gasteiger partial charge in [0.1, 0.15) is 5.82 Å². The number of benzene rings is 2. The molecule has 0 radical (unpaired) electrons. The molecule has 0 amide bonds. The minimum Gasteiger partial charge on any atom is -0.378 e. The Labute approximate surface area is 123 Å². The molecule has 2 aromatic rings. The van der Waals surface area contributed by atoms with Crippen LogP contribution in [0.2, 0.25) is 5.02 Å². The van der Waals surface area contributed by atoms with Gasteiger partial charge < -0.3 is 5.32 Å². The molecule has 20 heavy (non-hydrogen) atoms. The van der Waals surface area contributed by atoms with Gasteiger partial charge in [0.2, 0.25) is 0 Å². The summed E-state index contributed by atoms with van der Waals surface area (Å²) in [6, 6.07) is 13.2. The Bertz CT molecular complexity index is 585. The van der Waals surface area contributed by atoms with Crippen LogP contribution < -0.4 is 5.32 Å². The molecule has 1 aliphatic carbocycles. The van der Waals surface area contributed by atoms with Crippen molar-refractivity contribution in [2.45, 2.75) is 25.8 Å². The molecular weight excluding hydrogens is 273 g/mol. The highest BCUT2D eigenvalue weighted by Gasteiger charge is 2.32. The van der Waals surface area contributed by atoms with Gasteiger partial charge in [0.25, 0.3) is 0 Å².